The molecule has 1 N–H and O–H groups in total. The van der Waals surface area contributed by atoms with Gasteiger partial charge in [0.1, 0.15) is 0 Å². The van der Waals surface area contributed by atoms with Crippen LogP contribution in [0.2, 0.25) is 0 Å². The van der Waals surface area contributed by atoms with Crippen molar-refractivity contribution in [3.05, 3.63) is 65.4 Å². The fourth-order valence-electron chi connectivity index (χ4n) is 3.48. The quantitative estimate of drug-likeness (QED) is 0.755. The third kappa shape index (κ3) is 2.94. The first kappa shape index (κ1) is 17.5. The van der Waals surface area contributed by atoms with Crippen LogP contribution in [-0.2, 0) is 29.1 Å². The molecule has 27 heavy (non-hydrogen) atoms. The minimum Gasteiger partial charge on any atom is -0.321 e. The van der Waals surface area contributed by atoms with Crippen molar-refractivity contribution in [3.8, 4) is 11.3 Å². The van der Waals surface area contributed by atoms with Crippen LogP contribution >= 0.6 is 0 Å². The highest BCUT2D eigenvalue weighted by Gasteiger charge is 2.34. The summed E-state index contributed by atoms with van der Waals surface area (Å²) >= 11 is 0. The Morgan fingerprint density at radius 2 is 1.96 bits per heavy atom. The largest absolute Gasteiger partial charge is 0.321 e. The molecular formula is C20H19N3O3S. The molecule has 7 heteroatoms. The Morgan fingerprint density at radius 1 is 1.19 bits per heavy atom. The number of sulfone groups is 1. The zero-order valence-electron chi connectivity index (χ0n) is 15.1. The van der Waals surface area contributed by atoms with E-state index >= 15 is 0 Å². The Kier molecular flexibility index (Phi) is 4.11. The van der Waals surface area contributed by atoms with Crippen molar-refractivity contribution >= 4 is 21.4 Å². The molecular weight excluding hydrogens is 362 g/mol. The van der Waals surface area contributed by atoms with Crippen molar-refractivity contribution in [2.45, 2.75) is 24.0 Å². The maximum Gasteiger partial charge on any atom is 0.276 e. The monoisotopic (exact) mass is 381 g/mol. The van der Waals surface area contributed by atoms with Crippen molar-refractivity contribution in [3.63, 3.8) is 0 Å². The fraction of sp³-hybridized carbons (Fsp3) is 0.200. The lowest BCUT2D eigenvalue weighted by atomic mass is 10.1. The summed E-state index contributed by atoms with van der Waals surface area (Å²) < 4.78 is 27.0. The van der Waals surface area contributed by atoms with E-state index in [1.54, 1.807) is 42.1 Å². The standard InChI is InChI=1S/C20H19N3O3S/c1-3-13-7-6-8-14(11-13)21-20(24)18-16-12-27(25,26)17-10-5-4-9-15(17)19(16)23(2)22-18/h4-11H,3,12H2,1-2H3,(H,21,24). The van der Waals surface area contributed by atoms with Gasteiger partial charge in [-0.25, -0.2) is 8.42 Å². The van der Waals surface area contributed by atoms with Gasteiger partial charge in [0.2, 0.25) is 0 Å². The van der Waals surface area contributed by atoms with E-state index in [1.807, 2.05) is 25.1 Å². The molecule has 4 rings (SSSR count). The summed E-state index contributed by atoms with van der Waals surface area (Å²) in [5.74, 6) is -0.639. The average Bonchev–Trinajstić information content (AvgIpc) is 2.97. The minimum atomic E-state index is -3.52. The minimum absolute atomic E-state index is 0.146. The van der Waals surface area contributed by atoms with Crippen LogP contribution in [0.4, 0.5) is 5.69 Å². The van der Waals surface area contributed by atoms with Gasteiger partial charge < -0.3 is 5.32 Å². The molecule has 0 fully saturated rings. The summed E-state index contributed by atoms with van der Waals surface area (Å²) in [5, 5.41) is 7.17. The van der Waals surface area contributed by atoms with Gasteiger partial charge >= 0.3 is 0 Å². The first-order valence-corrected chi connectivity index (χ1v) is 10.3. The van der Waals surface area contributed by atoms with Crippen molar-refractivity contribution in [2.24, 2.45) is 7.05 Å². The van der Waals surface area contributed by atoms with Crippen LogP contribution in [0.1, 0.15) is 28.5 Å². The molecule has 3 aromatic rings. The number of aryl methyl sites for hydroxylation is 2. The number of benzene rings is 2. The third-order valence-corrected chi connectivity index (χ3v) is 6.46. The highest BCUT2D eigenvalue weighted by Crippen LogP contribution is 2.39. The van der Waals surface area contributed by atoms with Gasteiger partial charge in [0.05, 0.1) is 16.3 Å². The van der Waals surface area contributed by atoms with Crippen LogP contribution < -0.4 is 5.32 Å². The van der Waals surface area contributed by atoms with Gasteiger partial charge in [-0.15, -0.1) is 0 Å². The van der Waals surface area contributed by atoms with Crippen molar-refractivity contribution in [2.75, 3.05) is 5.32 Å². The Hall–Kier alpha value is -2.93. The number of carbonyl (C=O) groups excluding carboxylic acids is 1. The summed E-state index contributed by atoms with van der Waals surface area (Å²) in [6.07, 6.45) is 0.859. The zero-order valence-corrected chi connectivity index (χ0v) is 15.9. The number of hydrogen-bond acceptors (Lipinski definition) is 4. The second-order valence-electron chi connectivity index (χ2n) is 6.56. The highest BCUT2D eigenvalue weighted by atomic mass is 32.2. The summed E-state index contributed by atoms with van der Waals surface area (Å²) in [6.45, 7) is 2.04. The lowest BCUT2D eigenvalue weighted by Gasteiger charge is -2.18. The number of rotatable bonds is 3. The van der Waals surface area contributed by atoms with E-state index in [-0.39, 0.29) is 16.3 Å². The van der Waals surface area contributed by atoms with Crippen LogP contribution in [0.15, 0.2) is 53.4 Å². The molecule has 0 spiro atoms. The van der Waals surface area contributed by atoms with Gasteiger partial charge in [0.25, 0.3) is 5.91 Å². The molecule has 1 aliphatic heterocycles. The van der Waals surface area contributed by atoms with Crippen molar-refractivity contribution in [1.82, 2.24) is 9.78 Å². The number of fused-ring (bicyclic) bond motifs is 3. The lowest BCUT2D eigenvalue weighted by molar-refractivity contribution is 0.102. The molecule has 0 saturated carbocycles. The Balaban J connectivity index is 1.78. The van der Waals surface area contributed by atoms with Gasteiger partial charge in [0, 0.05) is 23.9 Å². The normalized spacial score (nSPS) is 14.3. The summed E-state index contributed by atoms with van der Waals surface area (Å²) in [7, 11) is -1.79. The first-order chi connectivity index (χ1) is 12.9. The van der Waals surface area contributed by atoms with Gasteiger partial charge in [-0.05, 0) is 30.2 Å². The summed E-state index contributed by atoms with van der Waals surface area (Å²) in [4.78, 5) is 13.1. The number of nitrogens with one attached hydrogen (secondary N) is 1. The Bertz CT molecular complexity index is 1160. The van der Waals surface area contributed by atoms with Crippen LogP contribution in [0.25, 0.3) is 11.3 Å². The maximum absolute atomic E-state index is 12.8. The van der Waals surface area contributed by atoms with Crippen LogP contribution in [-0.4, -0.2) is 24.1 Å². The number of hydrogen-bond donors (Lipinski definition) is 1. The van der Waals surface area contributed by atoms with Gasteiger partial charge in [-0.1, -0.05) is 37.3 Å². The van der Waals surface area contributed by atoms with Crippen molar-refractivity contribution < 1.29 is 13.2 Å². The first-order valence-electron chi connectivity index (χ1n) is 8.69. The Labute approximate surface area is 157 Å². The predicted octanol–water partition coefficient (Wildman–Crippen LogP) is 3.19. The lowest BCUT2D eigenvalue weighted by Crippen LogP contribution is -2.18. The maximum atomic E-state index is 12.8. The molecule has 0 unspecified atom stereocenters. The number of carbonyl (C=O) groups is 1. The smallest absolute Gasteiger partial charge is 0.276 e. The molecule has 6 nitrogen and oxygen atoms in total. The van der Waals surface area contributed by atoms with Crippen LogP contribution in [0, 0.1) is 0 Å². The van der Waals surface area contributed by atoms with Crippen LogP contribution in [0.5, 0.6) is 0 Å². The van der Waals surface area contributed by atoms with Gasteiger partial charge in [0.15, 0.2) is 15.5 Å². The van der Waals surface area contributed by atoms with E-state index in [0.29, 0.717) is 22.5 Å². The number of aromatic nitrogens is 2. The molecule has 0 radical (unpaired) electrons. The summed E-state index contributed by atoms with van der Waals surface area (Å²) in [6, 6.07) is 14.4. The van der Waals surface area contributed by atoms with E-state index in [1.165, 1.54) is 0 Å². The van der Waals surface area contributed by atoms with Gasteiger partial charge in [-0.2, -0.15) is 5.10 Å². The molecule has 0 atom stereocenters. The molecule has 0 bridgehead atoms. The molecule has 2 heterocycles. The van der Waals surface area contributed by atoms with E-state index in [9.17, 15) is 13.2 Å². The SMILES string of the molecule is CCc1cccc(NC(=O)c2nn(C)c3c2CS(=O)(=O)c2ccccc2-3)c1. The summed E-state index contributed by atoms with van der Waals surface area (Å²) in [5.41, 5.74) is 3.62. The van der Waals surface area contributed by atoms with Crippen LogP contribution in [0.3, 0.4) is 0 Å². The van der Waals surface area contributed by atoms with E-state index in [4.69, 9.17) is 0 Å². The molecule has 0 saturated heterocycles. The van der Waals surface area contributed by atoms with E-state index < -0.39 is 15.7 Å². The number of nitrogens with zero attached hydrogens (tertiary/aromatic N) is 2. The zero-order chi connectivity index (χ0) is 19.2. The highest BCUT2D eigenvalue weighted by molar-refractivity contribution is 7.90. The molecule has 1 amide bonds. The third-order valence-electron chi connectivity index (χ3n) is 4.77. The second kappa shape index (κ2) is 6.35. The Morgan fingerprint density at radius 3 is 2.74 bits per heavy atom. The molecule has 1 aromatic heterocycles. The molecule has 1 aliphatic rings. The van der Waals surface area contributed by atoms with Crippen molar-refractivity contribution in [1.29, 1.82) is 0 Å². The topological polar surface area (TPSA) is 81.1 Å². The van der Waals surface area contributed by atoms with Gasteiger partial charge in [-0.3, -0.25) is 9.48 Å². The average molecular weight is 381 g/mol. The second-order valence-corrected chi connectivity index (χ2v) is 8.52. The molecule has 2 aromatic carbocycles. The predicted molar refractivity (Wildman–Crippen MR) is 103 cm³/mol. The number of anilines is 1. The van der Waals surface area contributed by atoms with E-state index in [2.05, 4.69) is 10.4 Å². The molecule has 138 valence electrons. The number of amides is 1. The van der Waals surface area contributed by atoms with E-state index in [0.717, 1.165) is 12.0 Å². The fourth-order valence-corrected chi connectivity index (χ4v) is 5.08. The molecule has 0 aliphatic carbocycles.